The summed E-state index contributed by atoms with van der Waals surface area (Å²) < 4.78 is 65.8. The van der Waals surface area contributed by atoms with Crippen molar-refractivity contribution in [3.05, 3.63) is 72.8 Å². The summed E-state index contributed by atoms with van der Waals surface area (Å²) in [6.07, 6.45) is 0. The standard InChI is InChI=1S/C24H12O7S2.2Na/c25-32(26)29-23-17-7-3-1-5-13(17)15-9-11-20-22-16(10-12-19(23)21(15)22)14-6-2-4-8-18(14)24(20)30-33(27,28)31-32;;/h1-12H;;. The fourth-order valence-corrected chi connectivity index (χ4v) is 6.76. The van der Waals surface area contributed by atoms with E-state index in [9.17, 15) is 16.8 Å². The van der Waals surface area contributed by atoms with Crippen LogP contribution in [0.3, 0.4) is 0 Å². The zero-order valence-corrected chi connectivity index (χ0v) is 24.2. The van der Waals surface area contributed by atoms with Crippen LogP contribution < -0.4 is 8.37 Å². The van der Waals surface area contributed by atoms with E-state index in [0.29, 0.717) is 21.5 Å². The summed E-state index contributed by atoms with van der Waals surface area (Å²) in [5, 5.41) is 6.87. The molecule has 0 aromatic heterocycles. The summed E-state index contributed by atoms with van der Waals surface area (Å²) in [6.45, 7) is 0. The van der Waals surface area contributed by atoms with Gasteiger partial charge in [0.2, 0.25) is 0 Å². The zero-order valence-electron chi connectivity index (χ0n) is 18.6. The Kier molecular flexibility index (Phi) is 6.03. The molecule has 1 heterocycles. The third-order valence-corrected chi connectivity index (χ3v) is 8.19. The van der Waals surface area contributed by atoms with Gasteiger partial charge in [-0.1, -0.05) is 64.3 Å². The molecule has 1 aliphatic heterocycles. The number of rotatable bonds is 0. The first kappa shape index (κ1) is 25.0. The maximum absolute atomic E-state index is 12.7. The van der Waals surface area contributed by atoms with E-state index in [-0.39, 0.29) is 70.6 Å². The van der Waals surface area contributed by atoms with E-state index in [0.717, 1.165) is 32.3 Å². The van der Waals surface area contributed by atoms with E-state index in [1.54, 1.807) is 36.4 Å². The molecule has 0 saturated carbocycles. The molecule has 7 rings (SSSR count). The number of fused-ring (bicyclic) bond motifs is 6. The SMILES string of the molecule is O=S1(=O)Oc2c3ccccc3c3ccc4c(c5ccccc5c5ccc2c3c45)OS(=O)(=O)O1.[Na].[Na]. The summed E-state index contributed by atoms with van der Waals surface area (Å²) in [6, 6.07) is 21.7. The van der Waals surface area contributed by atoms with Crippen LogP contribution in [0.15, 0.2) is 72.8 Å². The zero-order chi connectivity index (χ0) is 22.5. The molecule has 0 N–H and O–H groups in total. The predicted molar refractivity (Wildman–Crippen MR) is 137 cm³/mol. The Morgan fingerprint density at radius 3 is 1.17 bits per heavy atom. The minimum absolute atomic E-state index is 0. The molecule has 0 amide bonds. The molecular formula is C24H12Na2O7S2. The van der Waals surface area contributed by atoms with Crippen LogP contribution >= 0.6 is 0 Å². The third-order valence-electron chi connectivity index (χ3n) is 6.11. The van der Waals surface area contributed by atoms with Gasteiger partial charge in [0.05, 0.1) is 0 Å². The van der Waals surface area contributed by atoms with Crippen LogP contribution in [-0.2, 0) is 24.4 Å². The predicted octanol–water partition coefficient (Wildman–Crippen LogP) is 4.41. The van der Waals surface area contributed by atoms with Gasteiger partial charge >= 0.3 is 20.8 Å². The van der Waals surface area contributed by atoms with Gasteiger partial charge in [-0.15, -0.1) is 0 Å². The minimum Gasteiger partial charge on any atom is -0.360 e. The molecule has 0 atom stereocenters. The molecule has 2 radical (unpaired) electrons. The van der Waals surface area contributed by atoms with Crippen molar-refractivity contribution < 1.29 is 28.8 Å². The molecule has 6 aromatic carbocycles. The third kappa shape index (κ3) is 3.65. The summed E-state index contributed by atoms with van der Waals surface area (Å²) in [4.78, 5) is 0. The van der Waals surface area contributed by atoms with E-state index in [1.807, 2.05) is 36.4 Å². The molecule has 35 heavy (non-hydrogen) atoms. The fraction of sp³-hybridized carbons (Fsp3) is 0. The van der Waals surface area contributed by atoms with Gasteiger partial charge in [-0.3, -0.25) is 0 Å². The first-order valence-electron chi connectivity index (χ1n) is 9.97. The Bertz CT molecular complexity index is 1890. The molecule has 0 unspecified atom stereocenters. The van der Waals surface area contributed by atoms with E-state index in [2.05, 4.69) is 3.63 Å². The quantitative estimate of drug-likeness (QED) is 0.166. The van der Waals surface area contributed by atoms with Crippen LogP contribution in [0.1, 0.15) is 0 Å². The van der Waals surface area contributed by atoms with Crippen molar-refractivity contribution >= 4 is 134 Å². The molecule has 164 valence electrons. The molecule has 0 fully saturated rings. The second kappa shape index (κ2) is 8.44. The van der Waals surface area contributed by atoms with Gasteiger partial charge in [-0.25, -0.2) is 0 Å². The van der Waals surface area contributed by atoms with Gasteiger partial charge in [-0.05, 0) is 33.7 Å². The minimum atomic E-state index is -5.03. The van der Waals surface area contributed by atoms with E-state index in [4.69, 9.17) is 8.37 Å². The summed E-state index contributed by atoms with van der Waals surface area (Å²) in [5.74, 6) is -0.00128. The van der Waals surface area contributed by atoms with Gasteiger partial charge in [0.15, 0.2) is 11.5 Å². The number of hydrogen-bond acceptors (Lipinski definition) is 7. The maximum atomic E-state index is 12.7. The second-order valence-electron chi connectivity index (χ2n) is 7.87. The van der Waals surface area contributed by atoms with Crippen LogP contribution in [0.5, 0.6) is 11.5 Å². The van der Waals surface area contributed by atoms with E-state index in [1.165, 1.54) is 0 Å². The van der Waals surface area contributed by atoms with Crippen LogP contribution in [0.25, 0.3) is 53.9 Å². The fourth-order valence-electron chi connectivity index (χ4n) is 4.96. The van der Waals surface area contributed by atoms with Crippen LogP contribution in [-0.4, -0.2) is 76.0 Å². The second-order valence-corrected chi connectivity index (χ2v) is 10.4. The van der Waals surface area contributed by atoms with Gasteiger partial charge in [0.25, 0.3) is 0 Å². The van der Waals surface area contributed by atoms with Crippen molar-refractivity contribution in [3.63, 3.8) is 0 Å². The number of benzene rings is 6. The summed E-state index contributed by atoms with van der Waals surface area (Å²) in [7, 11) is -10.1. The number of hydrogen-bond donors (Lipinski definition) is 0. The van der Waals surface area contributed by atoms with Gasteiger partial charge < -0.3 is 8.37 Å². The average Bonchev–Trinajstić information content (AvgIpc) is 2.79. The smallest absolute Gasteiger partial charge is 0.360 e. The Morgan fingerprint density at radius 1 is 0.429 bits per heavy atom. The largest absolute Gasteiger partial charge is 0.466 e. The molecule has 1 aliphatic rings. The first-order chi connectivity index (χ1) is 15.8. The molecule has 0 spiro atoms. The van der Waals surface area contributed by atoms with Gasteiger partial charge in [-0.2, -0.15) is 16.8 Å². The molecule has 6 aromatic rings. The van der Waals surface area contributed by atoms with E-state index >= 15 is 0 Å². The maximum Gasteiger partial charge on any atom is 0.466 e. The van der Waals surface area contributed by atoms with Crippen molar-refractivity contribution in [2.24, 2.45) is 0 Å². The average molecular weight is 522 g/mol. The van der Waals surface area contributed by atoms with Crippen LogP contribution in [0.2, 0.25) is 0 Å². The van der Waals surface area contributed by atoms with E-state index < -0.39 is 20.8 Å². The summed E-state index contributed by atoms with van der Waals surface area (Å²) >= 11 is 0. The van der Waals surface area contributed by atoms with Gasteiger partial charge in [0.1, 0.15) is 0 Å². The van der Waals surface area contributed by atoms with Crippen molar-refractivity contribution in [1.82, 2.24) is 0 Å². The molecular weight excluding hydrogens is 510 g/mol. The topological polar surface area (TPSA) is 96.0 Å². The van der Waals surface area contributed by atoms with Crippen molar-refractivity contribution in [1.29, 1.82) is 0 Å². The normalized spacial score (nSPS) is 16.2. The Morgan fingerprint density at radius 2 is 0.771 bits per heavy atom. The van der Waals surface area contributed by atoms with Crippen LogP contribution in [0.4, 0.5) is 0 Å². The Hall–Kier alpha value is -1.66. The molecule has 7 nitrogen and oxygen atoms in total. The first-order valence-corrected chi connectivity index (χ1v) is 12.6. The molecule has 0 aliphatic carbocycles. The van der Waals surface area contributed by atoms with Crippen molar-refractivity contribution in [2.75, 3.05) is 0 Å². The van der Waals surface area contributed by atoms with Crippen molar-refractivity contribution in [3.8, 4) is 11.5 Å². The van der Waals surface area contributed by atoms with Crippen LogP contribution in [0, 0.1) is 0 Å². The molecule has 6 bridgehead atoms. The van der Waals surface area contributed by atoms with Crippen molar-refractivity contribution in [2.45, 2.75) is 0 Å². The molecule has 0 saturated heterocycles. The van der Waals surface area contributed by atoms with Gasteiger partial charge in [0, 0.05) is 91.4 Å². The Balaban J connectivity index is 0.00000127. The Labute approximate surface area is 244 Å². The summed E-state index contributed by atoms with van der Waals surface area (Å²) in [5.41, 5.74) is 0. The monoisotopic (exact) mass is 522 g/mol. The molecule has 11 heteroatoms.